The molecule has 0 aromatic heterocycles. The molecule has 0 spiro atoms. The number of rotatable bonds is 7. The average Bonchev–Trinajstić information content (AvgIpc) is 2.75. The van der Waals surface area contributed by atoms with Gasteiger partial charge >= 0.3 is 10.1 Å². The molecule has 0 aliphatic carbocycles. The van der Waals surface area contributed by atoms with Crippen LogP contribution in [0.25, 0.3) is 0 Å². The summed E-state index contributed by atoms with van der Waals surface area (Å²) in [4.78, 5) is 12.7. The third kappa shape index (κ3) is 5.41. The Hall–Kier alpha value is -3.21. The topological polar surface area (TPSA) is 110 Å². The van der Waals surface area contributed by atoms with Crippen LogP contribution < -0.4 is 9.50 Å². The number of carbonyl (C=O) groups excluding carboxylic acids is 1. The van der Waals surface area contributed by atoms with Gasteiger partial charge in [-0.1, -0.05) is 24.3 Å². The molecule has 174 valence electrons. The molecule has 3 aromatic carbocycles. The number of anilines is 1. The van der Waals surface area contributed by atoms with Crippen LogP contribution in [-0.2, 0) is 20.1 Å². The van der Waals surface area contributed by atoms with Gasteiger partial charge in [0.15, 0.2) is 0 Å². The molecular weight excluding hydrogens is 464 g/mol. The van der Waals surface area contributed by atoms with Crippen LogP contribution in [0.2, 0.25) is 0 Å². The first kappa shape index (κ1) is 24.4. The molecule has 0 unspecified atom stereocenters. The predicted octanol–water partition coefficient (Wildman–Crippen LogP) is 3.57. The fourth-order valence-corrected chi connectivity index (χ4v) is 5.28. The molecule has 8 nitrogen and oxygen atoms in total. The molecule has 3 aromatic rings. The van der Waals surface area contributed by atoms with Crippen molar-refractivity contribution in [2.24, 2.45) is 0 Å². The van der Waals surface area contributed by atoms with Crippen LogP contribution in [0.4, 0.5) is 5.69 Å². The first-order chi connectivity index (χ1) is 15.4. The van der Waals surface area contributed by atoms with Gasteiger partial charge in [0.05, 0.1) is 5.69 Å². The zero-order valence-electron chi connectivity index (χ0n) is 18.6. The predicted molar refractivity (Wildman–Crippen MR) is 125 cm³/mol. The molecule has 0 bridgehead atoms. The first-order valence-electron chi connectivity index (χ1n) is 9.86. The molecule has 1 amide bonds. The second-order valence-corrected chi connectivity index (χ2v) is 11.2. The first-order valence-corrected chi connectivity index (χ1v) is 12.7. The fraction of sp³-hybridized carbons (Fsp3) is 0.174. The van der Waals surface area contributed by atoms with Gasteiger partial charge in [0.25, 0.3) is 5.91 Å². The number of para-hydroxylation sites is 1. The lowest BCUT2D eigenvalue weighted by atomic mass is 10.2. The smallest absolute Gasteiger partial charge is 0.339 e. The number of amides is 1. The largest absolute Gasteiger partial charge is 0.379 e. The zero-order chi connectivity index (χ0) is 24.4. The lowest BCUT2D eigenvalue weighted by molar-refractivity contribution is 0.102. The van der Waals surface area contributed by atoms with Crippen molar-refractivity contribution in [1.29, 1.82) is 0 Å². The normalized spacial score (nSPS) is 11.9. The summed E-state index contributed by atoms with van der Waals surface area (Å²) in [7, 11) is -5.01. The van der Waals surface area contributed by atoms with Gasteiger partial charge in [0.2, 0.25) is 10.0 Å². The number of hydrogen-bond acceptors (Lipinski definition) is 6. The lowest BCUT2D eigenvalue weighted by Crippen LogP contribution is -2.24. The standard InChI is InChI=1S/C23H24N2O6S2/c1-16-9-10-17(2)22(15-16)33(29,30)31-19-13-11-18(12-14-19)23(26)24-20-7-5-6-8-21(20)32(27,28)25(3)4/h5-15H,1-4H3,(H,24,26). The van der Waals surface area contributed by atoms with Gasteiger partial charge in [-0.2, -0.15) is 8.42 Å². The average molecular weight is 489 g/mol. The van der Waals surface area contributed by atoms with Crippen molar-refractivity contribution in [3.05, 3.63) is 83.4 Å². The van der Waals surface area contributed by atoms with E-state index in [0.717, 1.165) is 9.87 Å². The third-order valence-corrected chi connectivity index (χ3v) is 8.09. The number of carbonyl (C=O) groups is 1. The van der Waals surface area contributed by atoms with Crippen molar-refractivity contribution in [1.82, 2.24) is 4.31 Å². The van der Waals surface area contributed by atoms with Gasteiger partial charge in [-0.3, -0.25) is 4.79 Å². The highest BCUT2D eigenvalue weighted by molar-refractivity contribution is 7.89. The summed E-state index contributed by atoms with van der Waals surface area (Å²) in [6, 6.07) is 16.6. The summed E-state index contributed by atoms with van der Waals surface area (Å²) in [5, 5.41) is 2.59. The Labute approximate surface area is 194 Å². The molecular formula is C23H24N2O6S2. The highest BCUT2D eigenvalue weighted by atomic mass is 32.2. The third-order valence-electron chi connectivity index (χ3n) is 4.83. The van der Waals surface area contributed by atoms with Crippen LogP contribution in [-0.4, -0.2) is 41.1 Å². The van der Waals surface area contributed by atoms with E-state index < -0.39 is 26.0 Å². The summed E-state index contributed by atoms with van der Waals surface area (Å²) < 4.78 is 56.6. The van der Waals surface area contributed by atoms with Crippen LogP contribution in [0.1, 0.15) is 21.5 Å². The summed E-state index contributed by atoms with van der Waals surface area (Å²) in [5.41, 5.74) is 1.67. The van der Waals surface area contributed by atoms with Gasteiger partial charge in [0, 0.05) is 19.7 Å². The SMILES string of the molecule is Cc1ccc(C)c(S(=O)(=O)Oc2ccc(C(=O)Nc3ccccc3S(=O)(=O)N(C)C)cc2)c1. The van der Waals surface area contributed by atoms with Gasteiger partial charge < -0.3 is 9.50 Å². The van der Waals surface area contributed by atoms with E-state index in [4.69, 9.17) is 4.18 Å². The minimum Gasteiger partial charge on any atom is -0.379 e. The second kappa shape index (κ2) is 9.34. The minimum absolute atomic E-state index is 0.0390. The molecule has 0 saturated heterocycles. The van der Waals surface area contributed by atoms with E-state index in [1.165, 1.54) is 56.6 Å². The van der Waals surface area contributed by atoms with E-state index in [2.05, 4.69) is 5.32 Å². The Morgan fingerprint density at radius 2 is 1.48 bits per heavy atom. The van der Waals surface area contributed by atoms with Crippen molar-refractivity contribution in [2.45, 2.75) is 23.6 Å². The Morgan fingerprint density at radius 1 is 0.848 bits per heavy atom. The Balaban J connectivity index is 1.80. The molecule has 33 heavy (non-hydrogen) atoms. The van der Waals surface area contributed by atoms with Gasteiger partial charge in [-0.05, 0) is 67.4 Å². The van der Waals surface area contributed by atoms with Crippen LogP contribution in [0, 0.1) is 13.8 Å². The van der Waals surface area contributed by atoms with Crippen LogP contribution in [0.5, 0.6) is 5.75 Å². The van der Waals surface area contributed by atoms with Crippen molar-refractivity contribution in [3.8, 4) is 5.75 Å². The molecule has 0 saturated carbocycles. The molecule has 0 radical (unpaired) electrons. The van der Waals surface area contributed by atoms with Crippen LogP contribution in [0.15, 0.2) is 76.5 Å². The van der Waals surface area contributed by atoms with Gasteiger partial charge in [-0.15, -0.1) is 0 Å². The highest BCUT2D eigenvalue weighted by Crippen LogP contribution is 2.25. The van der Waals surface area contributed by atoms with Crippen molar-refractivity contribution in [2.75, 3.05) is 19.4 Å². The molecule has 0 atom stereocenters. The number of hydrogen-bond donors (Lipinski definition) is 1. The summed E-state index contributed by atoms with van der Waals surface area (Å²) >= 11 is 0. The van der Waals surface area contributed by atoms with Crippen molar-refractivity contribution in [3.63, 3.8) is 0 Å². The number of aryl methyl sites for hydroxylation is 2. The summed E-state index contributed by atoms with van der Waals surface area (Å²) in [6.45, 7) is 3.46. The minimum atomic E-state index is -4.05. The van der Waals surface area contributed by atoms with Crippen molar-refractivity contribution >= 4 is 31.7 Å². The molecule has 1 N–H and O–H groups in total. The molecule has 0 aliphatic heterocycles. The maximum Gasteiger partial charge on any atom is 0.339 e. The van der Waals surface area contributed by atoms with E-state index in [9.17, 15) is 21.6 Å². The van der Waals surface area contributed by atoms with E-state index in [-0.39, 0.29) is 26.8 Å². The Kier molecular flexibility index (Phi) is 6.92. The van der Waals surface area contributed by atoms with Gasteiger partial charge in [0.1, 0.15) is 15.5 Å². The zero-order valence-corrected chi connectivity index (χ0v) is 20.2. The van der Waals surface area contributed by atoms with E-state index in [0.29, 0.717) is 5.56 Å². The van der Waals surface area contributed by atoms with Crippen LogP contribution >= 0.6 is 0 Å². The number of benzene rings is 3. The van der Waals surface area contributed by atoms with Crippen LogP contribution in [0.3, 0.4) is 0 Å². The lowest BCUT2D eigenvalue weighted by Gasteiger charge is -2.15. The maximum atomic E-state index is 12.7. The monoisotopic (exact) mass is 488 g/mol. The maximum absolute atomic E-state index is 12.7. The summed E-state index contributed by atoms with van der Waals surface area (Å²) in [6.07, 6.45) is 0. The highest BCUT2D eigenvalue weighted by Gasteiger charge is 2.23. The van der Waals surface area contributed by atoms with E-state index in [1.54, 1.807) is 32.0 Å². The fourth-order valence-electron chi connectivity index (χ4n) is 3.00. The molecule has 0 heterocycles. The number of sulfonamides is 1. The van der Waals surface area contributed by atoms with E-state index >= 15 is 0 Å². The Bertz CT molecular complexity index is 1400. The second-order valence-electron chi connectivity index (χ2n) is 7.57. The quantitative estimate of drug-likeness (QED) is 0.509. The summed E-state index contributed by atoms with van der Waals surface area (Å²) in [5.74, 6) is -0.511. The number of nitrogens with one attached hydrogen (secondary N) is 1. The van der Waals surface area contributed by atoms with E-state index in [1.807, 2.05) is 6.07 Å². The number of nitrogens with zero attached hydrogens (tertiary/aromatic N) is 1. The molecule has 0 aliphatic rings. The Morgan fingerprint density at radius 3 is 2.12 bits per heavy atom. The van der Waals surface area contributed by atoms with Crippen molar-refractivity contribution < 1.29 is 25.8 Å². The van der Waals surface area contributed by atoms with Gasteiger partial charge in [-0.25, -0.2) is 12.7 Å². The molecule has 0 fully saturated rings. The molecule has 3 rings (SSSR count). The molecule has 10 heteroatoms.